The maximum absolute atomic E-state index is 15.4. The van der Waals surface area contributed by atoms with Crippen LogP contribution in [0.25, 0.3) is 0 Å². The molecular formula is C33H33F3N4O3S. The molecule has 230 valence electrons. The van der Waals surface area contributed by atoms with E-state index in [0.29, 0.717) is 24.2 Å². The van der Waals surface area contributed by atoms with Gasteiger partial charge in [0.25, 0.3) is 0 Å². The van der Waals surface area contributed by atoms with E-state index in [1.807, 2.05) is 0 Å². The number of nitrogens with two attached hydrogens (primary N) is 1. The predicted molar refractivity (Wildman–Crippen MR) is 163 cm³/mol. The number of nitrogens with zero attached hydrogens (tertiary/aromatic N) is 1. The van der Waals surface area contributed by atoms with Crippen LogP contribution in [0.1, 0.15) is 29.0 Å². The maximum atomic E-state index is 15.4. The molecule has 0 aliphatic carbocycles. The molecule has 0 unspecified atom stereocenters. The van der Waals surface area contributed by atoms with E-state index in [0.717, 1.165) is 0 Å². The van der Waals surface area contributed by atoms with Crippen LogP contribution in [-0.4, -0.2) is 50.3 Å². The Bertz CT molecular complexity index is 1680. The number of carbonyl (C=O) groups excluding carboxylic acids is 1. The van der Waals surface area contributed by atoms with Crippen molar-refractivity contribution in [2.45, 2.75) is 35.7 Å². The molecule has 4 aromatic carbocycles. The number of carbonyl (C=O) groups is 1. The van der Waals surface area contributed by atoms with Gasteiger partial charge in [0.05, 0.1) is 4.90 Å². The van der Waals surface area contributed by atoms with Crippen LogP contribution in [0.5, 0.6) is 0 Å². The van der Waals surface area contributed by atoms with Crippen molar-refractivity contribution in [1.82, 2.24) is 9.62 Å². The summed E-state index contributed by atoms with van der Waals surface area (Å²) >= 11 is 0. The number of sulfonamides is 1. The summed E-state index contributed by atoms with van der Waals surface area (Å²) in [6, 6.07) is 22.0. The molecule has 1 heterocycles. The lowest BCUT2D eigenvalue weighted by molar-refractivity contribution is -0.119. The van der Waals surface area contributed by atoms with Gasteiger partial charge in [0, 0.05) is 42.8 Å². The molecule has 4 aromatic rings. The second-order valence-electron chi connectivity index (χ2n) is 10.7. The van der Waals surface area contributed by atoms with Gasteiger partial charge in [-0.15, -0.1) is 0 Å². The van der Waals surface area contributed by atoms with Crippen molar-refractivity contribution < 1.29 is 26.4 Å². The van der Waals surface area contributed by atoms with Crippen molar-refractivity contribution in [2.24, 2.45) is 5.73 Å². The van der Waals surface area contributed by atoms with Crippen molar-refractivity contribution in [1.29, 1.82) is 0 Å². The molecule has 1 amide bonds. The molecule has 0 bridgehead atoms. The van der Waals surface area contributed by atoms with E-state index in [1.54, 1.807) is 48.5 Å². The minimum atomic E-state index is -3.78. The molecule has 4 N–H and O–H groups in total. The van der Waals surface area contributed by atoms with Gasteiger partial charge in [0.2, 0.25) is 15.9 Å². The van der Waals surface area contributed by atoms with E-state index in [1.165, 1.54) is 52.8 Å². The highest BCUT2D eigenvalue weighted by molar-refractivity contribution is 7.89. The second-order valence-corrected chi connectivity index (χ2v) is 12.6. The molecule has 0 radical (unpaired) electrons. The first-order chi connectivity index (χ1) is 21.1. The largest absolute Gasteiger partial charge is 0.373 e. The highest BCUT2D eigenvalue weighted by Crippen LogP contribution is 2.33. The fraction of sp³-hybridized carbons (Fsp3) is 0.242. The molecule has 1 aliphatic heterocycles. The third-order valence-electron chi connectivity index (χ3n) is 7.86. The zero-order valence-electron chi connectivity index (χ0n) is 23.8. The van der Waals surface area contributed by atoms with Crippen LogP contribution in [-0.2, 0) is 21.2 Å². The molecule has 0 aromatic heterocycles. The average Bonchev–Trinajstić information content (AvgIpc) is 3.01. The summed E-state index contributed by atoms with van der Waals surface area (Å²) in [5.41, 5.74) is 7.13. The van der Waals surface area contributed by atoms with Gasteiger partial charge in [-0.1, -0.05) is 48.5 Å². The monoisotopic (exact) mass is 622 g/mol. The number of anilines is 1. The SMILES string of the molecule is NC(=O)[C@@H](Nc1cccc(F)c1CC[C@H]1CNCCN1S(=O)(=O)c1ccccc1)C(c1cccc(F)c1)c1cccc(F)c1. The van der Waals surface area contributed by atoms with Crippen LogP contribution in [0, 0.1) is 17.5 Å². The van der Waals surface area contributed by atoms with E-state index in [2.05, 4.69) is 10.6 Å². The second kappa shape index (κ2) is 13.6. The Morgan fingerprint density at radius 3 is 2.16 bits per heavy atom. The molecule has 5 rings (SSSR count). The number of halogens is 3. The fourth-order valence-electron chi connectivity index (χ4n) is 5.76. The van der Waals surface area contributed by atoms with Gasteiger partial charge in [-0.25, -0.2) is 21.6 Å². The third kappa shape index (κ3) is 6.96. The Hall–Kier alpha value is -4.19. The Morgan fingerprint density at radius 2 is 1.55 bits per heavy atom. The number of hydrogen-bond acceptors (Lipinski definition) is 5. The van der Waals surface area contributed by atoms with Gasteiger partial charge >= 0.3 is 0 Å². The van der Waals surface area contributed by atoms with Crippen molar-refractivity contribution in [3.8, 4) is 0 Å². The molecule has 0 spiro atoms. The summed E-state index contributed by atoms with van der Waals surface area (Å²) < 4.78 is 72.4. The number of benzene rings is 4. The summed E-state index contributed by atoms with van der Waals surface area (Å²) in [5.74, 6) is -3.36. The smallest absolute Gasteiger partial charge is 0.243 e. The minimum absolute atomic E-state index is 0.137. The fourth-order valence-corrected chi connectivity index (χ4v) is 7.43. The van der Waals surface area contributed by atoms with Crippen molar-refractivity contribution >= 4 is 21.6 Å². The lowest BCUT2D eigenvalue weighted by atomic mass is 9.84. The quantitative estimate of drug-likeness (QED) is 0.223. The molecule has 1 aliphatic rings. The van der Waals surface area contributed by atoms with Gasteiger partial charge in [-0.05, 0) is 72.5 Å². The summed E-state index contributed by atoms with van der Waals surface area (Å²) in [6.45, 7) is 1.13. The van der Waals surface area contributed by atoms with Crippen LogP contribution >= 0.6 is 0 Å². The number of rotatable bonds is 11. The Kier molecular flexibility index (Phi) is 9.68. The van der Waals surface area contributed by atoms with E-state index in [9.17, 15) is 22.0 Å². The predicted octanol–water partition coefficient (Wildman–Crippen LogP) is 4.80. The zero-order chi connectivity index (χ0) is 31.3. The van der Waals surface area contributed by atoms with Crippen LogP contribution < -0.4 is 16.4 Å². The molecule has 7 nitrogen and oxygen atoms in total. The van der Waals surface area contributed by atoms with E-state index in [-0.39, 0.29) is 35.5 Å². The zero-order valence-corrected chi connectivity index (χ0v) is 24.6. The van der Waals surface area contributed by atoms with Gasteiger partial charge in [-0.3, -0.25) is 4.79 Å². The summed E-state index contributed by atoms with van der Waals surface area (Å²) in [6.07, 6.45) is 0.422. The normalized spacial score (nSPS) is 16.5. The van der Waals surface area contributed by atoms with Crippen molar-refractivity contribution in [3.63, 3.8) is 0 Å². The first kappa shape index (κ1) is 31.2. The van der Waals surface area contributed by atoms with Crippen LogP contribution in [0.15, 0.2) is 102 Å². The van der Waals surface area contributed by atoms with Crippen molar-refractivity contribution in [3.05, 3.63) is 131 Å². The molecule has 11 heteroatoms. The van der Waals surface area contributed by atoms with Crippen molar-refractivity contribution in [2.75, 3.05) is 25.0 Å². The lowest BCUT2D eigenvalue weighted by Gasteiger charge is -2.35. The first-order valence-electron chi connectivity index (χ1n) is 14.3. The topological polar surface area (TPSA) is 105 Å². The van der Waals surface area contributed by atoms with Crippen LogP contribution in [0.3, 0.4) is 0 Å². The molecule has 1 saturated heterocycles. The highest BCUT2D eigenvalue weighted by Gasteiger charge is 2.34. The lowest BCUT2D eigenvalue weighted by Crippen LogP contribution is -2.53. The molecule has 0 saturated carbocycles. The number of amides is 1. The number of nitrogens with one attached hydrogen (secondary N) is 2. The molecular weight excluding hydrogens is 589 g/mol. The van der Waals surface area contributed by atoms with Gasteiger partial charge in [0.1, 0.15) is 23.5 Å². The number of piperazine rings is 1. The highest BCUT2D eigenvalue weighted by atomic mass is 32.2. The van der Waals surface area contributed by atoms with E-state index >= 15 is 4.39 Å². The molecule has 1 fully saturated rings. The van der Waals surface area contributed by atoms with Crippen LogP contribution in [0.2, 0.25) is 0 Å². The maximum Gasteiger partial charge on any atom is 0.243 e. The Balaban J connectivity index is 1.45. The van der Waals surface area contributed by atoms with Gasteiger partial charge in [0.15, 0.2) is 0 Å². The third-order valence-corrected chi connectivity index (χ3v) is 9.82. The minimum Gasteiger partial charge on any atom is -0.373 e. The average molecular weight is 623 g/mol. The van der Waals surface area contributed by atoms with Crippen LogP contribution in [0.4, 0.5) is 18.9 Å². The summed E-state index contributed by atoms with van der Waals surface area (Å²) in [5, 5.41) is 6.30. The van der Waals surface area contributed by atoms with E-state index in [4.69, 9.17) is 5.73 Å². The van der Waals surface area contributed by atoms with E-state index < -0.39 is 51.4 Å². The number of primary amides is 1. The van der Waals surface area contributed by atoms with Gasteiger partial charge < -0.3 is 16.4 Å². The number of hydrogen-bond donors (Lipinski definition) is 3. The first-order valence-corrected chi connectivity index (χ1v) is 15.7. The standard InChI is InChI=1S/C33H33F3N4O3S/c34-24-9-4-7-22(19-24)31(23-8-5-10-25(35)20-23)32(33(37)41)39-30-14-6-13-29(36)28(30)16-15-26-21-38-17-18-40(26)44(42,43)27-11-2-1-3-12-27/h1-14,19-20,26,31-32,38-39H,15-18,21H2,(H2,37,41)/t26-,32-/m0/s1. The Labute approximate surface area is 254 Å². The molecule has 44 heavy (non-hydrogen) atoms. The summed E-state index contributed by atoms with van der Waals surface area (Å²) in [4.78, 5) is 13.1. The summed E-state index contributed by atoms with van der Waals surface area (Å²) in [7, 11) is -3.78. The van der Waals surface area contributed by atoms with Gasteiger partial charge in [-0.2, -0.15) is 4.31 Å². The molecule has 2 atom stereocenters. The Morgan fingerprint density at radius 1 is 0.909 bits per heavy atom.